The van der Waals surface area contributed by atoms with Gasteiger partial charge in [-0.1, -0.05) is 66.7 Å². The van der Waals surface area contributed by atoms with Crippen LogP contribution in [0.3, 0.4) is 0 Å². The van der Waals surface area contributed by atoms with Crippen LogP contribution in [0.5, 0.6) is 0 Å². The molecule has 2 nitrogen and oxygen atoms in total. The summed E-state index contributed by atoms with van der Waals surface area (Å²) in [7, 11) is 0. The Morgan fingerprint density at radius 3 is 2.21 bits per heavy atom. The first-order chi connectivity index (χ1) is 9.25. The number of benzene rings is 2. The van der Waals surface area contributed by atoms with Crippen LogP contribution in [-0.4, -0.2) is 17.0 Å². The van der Waals surface area contributed by atoms with Gasteiger partial charge in [0.15, 0.2) is 5.78 Å². The summed E-state index contributed by atoms with van der Waals surface area (Å²) in [6.07, 6.45) is 2.85. The van der Waals surface area contributed by atoms with E-state index in [0.717, 1.165) is 5.56 Å². The van der Waals surface area contributed by atoms with Crippen molar-refractivity contribution in [3.8, 4) is 0 Å². The molecule has 2 rings (SSSR count). The summed E-state index contributed by atoms with van der Waals surface area (Å²) < 4.78 is 0. The molecule has 19 heavy (non-hydrogen) atoms. The van der Waals surface area contributed by atoms with Gasteiger partial charge in [0.1, 0.15) is 0 Å². The second-order valence-electron chi connectivity index (χ2n) is 4.35. The van der Waals surface area contributed by atoms with Crippen LogP contribution in [0.15, 0.2) is 72.8 Å². The number of carbonyl (C=O) groups excluding carboxylic acids is 1. The van der Waals surface area contributed by atoms with E-state index in [0.29, 0.717) is 12.0 Å². The van der Waals surface area contributed by atoms with Gasteiger partial charge in [0.05, 0.1) is 6.10 Å². The fraction of sp³-hybridized carbons (Fsp3) is 0.118. The first-order valence-electron chi connectivity index (χ1n) is 6.25. The number of hydrogen-bond donors (Lipinski definition) is 1. The Balaban J connectivity index is 1.94. The van der Waals surface area contributed by atoms with Crippen molar-refractivity contribution >= 4 is 5.78 Å². The van der Waals surface area contributed by atoms with Gasteiger partial charge in [-0.2, -0.15) is 0 Å². The molecule has 2 aromatic rings. The summed E-state index contributed by atoms with van der Waals surface area (Å²) >= 11 is 0. The van der Waals surface area contributed by atoms with Crippen LogP contribution in [0.2, 0.25) is 0 Å². The van der Waals surface area contributed by atoms with E-state index in [-0.39, 0.29) is 5.78 Å². The third-order valence-corrected chi connectivity index (χ3v) is 2.82. The second kappa shape index (κ2) is 6.66. The minimum absolute atomic E-state index is 0.0901. The summed E-state index contributed by atoms with van der Waals surface area (Å²) in [6, 6.07) is 18.7. The molecule has 96 valence electrons. The molecule has 2 aromatic carbocycles. The molecule has 0 aliphatic carbocycles. The second-order valence-corrected chi connectivity index (χ2v) is 4.35. The lowest BCUT2D eigenvalue weighted by atomic mass is 10.1. The Bertz CT molecular complexity index is 544. The third kappa shape index (κ3) is 4.19. The van der Waals surface area contributed by atoms with Crippen LogP contribution in [0, 0.1) is 0 Å². The van der Waals surface area contributed by atoms with Crippen molar-refractivity contribution in [3.05, 3.63) is 83.9 Å². The molecular formula is C17H16O2. The molecule has 0 fully saturated rings. The zero-order chi connectivity index (χ0) is 13.5. The molecule has 0 saturated heterocycles. The Hall–Kier alpha value is -2.19. The van der Waals surface area contributed by atoms with Gasteiger partial charge in [0.2, 0.25) is 0 Å². The number of aliphatic hydroxyl groups is 1. The van der Waals surface area contributed by atoms with Crippen LogP contribution in [0.4, 0.5) is 0 Å². The van der Waals surface area contributed by atoms with Crippen LogP contribution >= 0.6 is 0 Å². The molecule has 0 saturated carbocycles. The largest absolute Gasteiger partial charge is 0.389 e. The lowest BCUT2D eigenvalue weighted by Crippen LogP contribution is -2.07. The summed E-state index contributed by atoms with van der Waals surface area (Å²) in [5.41, 5.74) is 1.68. The van der Waals surface area contributed by atoms with E-state index in [1.807, 2.05) is 48.5 Å². The van der Waals surface area contributed by atoms with Crippen molar-refractivity contribution < 1.29 is 9.90 Å². The van der Waals surface area contributed by atoms with Crippen molar-refractivity contribution in [3.63, 3.8) is 0 Å². The van der Waals surface area contributed by atoms with Gasteiger partial charge in [-0.15, -0.1) is 0 Å². The maximum absolute atomic E-state index is 11.8. The van der Waals surface area contributed by atoms with Crippen LogP contribution in [0.1, 0.15) is 15.9 Å². The van der Waals surface area contributed by atoms with Gasteiger partial charge in [-0.25, -0.2) is 0 Å². The first kappa shape index (κ1) is 13.2. The van der Waals surface area contributed by atoms with E-state index < -0.39 is 6.10 Å². The maximum Gasteiger partial charge on any atom is 0.185 e. The topological polar surface area (TPSA) is 37.3 Å². The summed E-state index contributed by atoms with van der Waals surface area (Å²) in [5, 5.41) is 9.86. The fourth-order valence-corrected chi connectivity index (χ4v) is 1.82. The summed E-state index contributed by atoms with van der Waals surface area (Å²) in [4.78, 5) is 11.8. The Kier molecular flexibility index (Phi) is 4.65. The quantitative estimate of drug-likeness (QED) is 0.656. The zero-order valence-corrected chi connectivity index (χ0v) is 10.6. The minimum atomic E-state index is -0.643. The standard InChI is InChI=1S/C17H16O2/c18-16(13-14-7-3-1-4-8-14)11-12-17(19)15-9-5-2-6-10-15/h1-12,16,18H,13H2/b12-11+/t16-/m0/s1. The van der Waals surface area contributed by atoms with E-state index in [1.54, 1.807) is 18.2 Å². The molecule has 2 heteroatoms. The van der Waals surface area contributed by atoms with Crippen LogP contribution < -0.4 is 0 Å². The van der Waals surface area contributed by atoms with Crippen molar-refractivity contribution in [2.45, 2.75) is 12.5 Å². The molecule has 0 heterocycles. The predicted molar refractivity (Wildman–Crippen MR) is 76.1 cm³/mol. The molecule has 0 spiro atoms. The van der Waals surface area contributed by atoms with Gasteiger partial charge < -0.3 is 5.11 Å². The molecule has 0 aromatic heterocycles. The maximum atomic E-state index is 11.8. The lowest BCUT2D eigenvalue weighted by Gasteiger charge is -2.05. The fourth-order valence-electron chi connectivity index (χ4n) is 1.82. The van der Waals surface area contributed by atoms with Gasteiger partial charge in [-0.05, 0) is 11.6 Å². The highest BCUT2D eigenvalue weighted by atomic mass is 16.3. The normalized spacial score (nSPS) is 12.5. The Morgan fingerprint density at radius 1 is 1.00 bits per heavy atom. The molecule has 0 unspecified atom stereocenters. The number of carbonyl (C=O) groups is 1. The van der Waals surface area contributed by atoms with E-state index >= 15 is 0 Å². The molecular weight excluding hydrogens is 236 g/mol. The highest BCUT2D eigenvalue weighted by molar-refractivity contribution is 6.04. The minimum Gasteiger partial charge on any atom is -0.389 e. The Morgan fingerprint density at radius 2 is 1.58 bits per heavy atom. The van der Waals surface area contributed by atoms with E-state index in [9.17, 15) is 9.90 Å². The lowest BCUT2D eigenvalue weighted by molar-refractivity contribution is 0.104. The van der Waals surface area contributed by atoms with Crippen LogP contribution in [0.25, 0.3) is 0 Å². The molecule has 0 aliphatic heterocycles. The van der Waals surface area contributed by atoms with Crippen molar-refractivity contribution in [2.75, 3.05) is 0 Å². The van der Waals surface area contributed by atoms with Crippen molar-refractivity contribution in [1.29, 1.82) is 0 Å². The highest BCUT2D eigenvalue weighted by Crippen LogP contribution is 2.05. The Labute approximate surface area is 113 Å². The van der Waals surface area contributed by atoms with Gasteiger partial charge in [0, 0.05) is 12.0 Å². The van der Waals surface area contributed by atoms with Crippen molar-refractivity contribution in [1.82, 2.24) is 0 Å². The molecule has 0 bridgehead atoms. The van der Waals surface area contributed by atoms with E-state index in [4.69, 9.17) is 0 Å². The van der Waals surface area contributed by atoms with Crippen LogP contribution in [-0.2, 0) is 6.42 Å². The predicted octanol–water partition coefficient (Wildman–Crippen LogP) is 3.03. The number of hydrogen-bond acceptors (Lipinski definition) is 2. The molecule has 1 N–H and O–H groups in total. The van der Waals surface area contributed by atoms with E-state index in [1.165, 1.54) is 6.08 Å². The molecule has 0 aliphatic rings. The average molecular weight is 252 g/mol. The number of ketones is 1. The van der Waals surface area contributed by atoms with Gasteiger partial charge in [0.25, 0.3) is 0 Å². The molecule has 0 amide bonds. The van der Waals surface area contributed by atoms with Crippen molar-refractivity contribution in [2.24, 2.45) is 0 Å². The number of aliphatic hydroxyl groups excluding tert-OH is 1. The SMILES string of the molecule is O=C(/C=C/[C@H](O)Cc1ccccc1)c1ccccc1. The summed E-state index contributed by atoms with van der Waals surface area (Å²) in [6.45, 7) is 0. The first-order valence-corrected chi connectivity index (χ1v) is 6.25. The van der Waals surface area contributed by atoms with Gasteiger partial charge in [-0.3, -0.25) is 4.79 Å². The smallest absolute Gasteiger partial charge is 0.185 e. The number of rotatable bonds is 5. The molecule has 1 atom stereocenters. The highest BCUT2D eigenvalue weighted by Gasteiger charge is 2.03. The average Bonchev–Trinajstić information content (AvgIpc) is 2.47. The summed E-state index contributed by atoms with van der Waals surface area (Å²) in [5.74, 6) is -0.0901. The van der Waals surface area contributed by atoms with Gasteiger partial charge >= 0.3 is 0 Å². The number of allylic oxidation sites excluding steroid dienone is 1. The monoisotopic (exact) mass is 252 g/mol. The van der Waals surface area contributed by atoms with E-state index in [2.05, 4.69) is 0 Å². The zero-order valence-electron chi connectivity index (χ0n) is 10.6. The third-order valence-electron chi connectivity index (χ3n) is 2.82. The molecule has 0 radical (unpaired) electrons.